The normalized spacial score (nSPS) is 12.2. The minimum atomic E-state index is -0.824. The topological polar surface area (TPSA) is 37.3 Å². The number of hydrogen-bond acceptors (Lipinski definition) is 1. The molecule has 0 aliphatic carbocycles. The summed E-state index contributed by atoms with van der Waals surface area (Å²) in [4.78, 5) is 11.0. The summed E-state index contributed by atoms with van der Waals surface area (Å²) in [5.74, 6) is -0.132. The van der Waals surface area contributed by atoms with E-state index in [9.17, 15) is 4.79 Å². The molecule has 0 aliphatic heterocycles. The Kier molecular flexibility index (Phi) is 18.4. The molecule has 0 spiro atoms. The van der Waals surface area contributed by atoms with E-state index >= 15 is 0 Å². The molecule has 0 aromatic rings. The van der Waals surface area contributed by atoms with E-state index in [0.29, 0.717) is 17.9 Å². The standard InChI is InChI=1S/C24H46O2/c1-4-6-8-10-12-13-15-17-19-23(21-20-22(3)24(25)26)18-16-14-11-9-7-5-2/h23H,3-21H2,1-2H3,(H,25,26). The highest BCUT2D eigenvalue weighted by Gasteiger charge is 2.12. The fourth-order valence-electron chi connectivity index (χ4n) is 3.70. The van der Waals surface area contributed by atoms with Gasteiger partial charge in [0.25, 0.3) is 0 Å². The first kappa shape index (κ1) is 25.2. The zero-order valence-corrected chi connectivity index (χ0v) is 17.9. The second-order valence-electron chi connectivity index (χ2n) is 8.13. The lowest BCUT2D eigenvalue weighted by Gasteiger charge is -2.17. The van der Waals surface area contributed by atoms with E-state index in [1.54, 1.807) is 0 Å². The smallest absolute Gasteiger partial charge is 0.330 e. The van der Waals surface area contributed by atoms with Gasteiger partial charge in [-0.15, -0.1) is 0 Å². The molecule has 2 nitrogen and oxygen atoms in total. The number of carboxylic acids is 1. The average Bonchev–Trinajstić information content (AvgIpc) is 2.63. The Hall–Kier alpha value is -0.790. The van der Waals surface area contributed by atoms with Crippen LogP contribution >= 0.6 is 0 Å². The van der Waals surface area contributed by atoms with E-state index < -0.39 is 5.97 Å². The molecule has 0 amide bonds. The van der Waals surface area contributed by atoms with Gasteiger partial charge in [0, 0.05) is 5.57 Å². The van der Waals surface area contributed by atoms with Gasteiger partial charge in [-0.25, -0.2) is 4.79 Å². The van der Waals surface area contributed by atoms with Gasteiger partial charge in [0.2, 0.25) is 0 Å². The van der Waals surface area contributed by atoms with Gasteiger partial charge < -0.3 is 5.11 Å². The SMILES string of the molecule is C=C(CCC(CCCCCCCC)CCCCCCCCCC)C(=O)O. The van der Waals surface area contributed by atoms with Crippen molar-refractivity contribution in [2.75, 3.05) is 0 Å². The maximum absolute atomic E-state index is 11.0. The fraction of sp³-hybridized carbons (Fsp3) is 0.875. The molecular formula is C24H46O2. The van der Waals surface area contributed by atoms with Crippen LogP contribution in [0.4, 0.5) is 0 Å². The van der Waals surface area contributed by atoms with Crippen LogP contribution in [0.15, 0.2) is 12.2 Å². The number of hydrogen-bond donors (Lipinski definition) is 1. The molecule has 0 radical (unpaired) electrons. The largest absolute Gasteiger partial charge is 0.478 e. The van der Waals surface area contributed by atoms with Crippen molar-refractivity contribution in [1.29, 1.82) is 0 Å². The van der Waals surface area contributed by atoms with Crippen molar-refractivity contribution in [3.05, 3.63) is 12.2 Å². The van der Waals surface area contributed by atoms with Gasteiger partial charge in [0.1, 0.15) is 0 Å². The van der Waals surface area contributed by atoms with Gasteiger partial charge in [-0.2, -0.15) is 0 Å². The Bertz CT molecular complexity index is 335. The third-order valence-corrected chi connectivity index (χ3v) is 5.59. The first-order chi connectivity index (χ1) is 12.6. The molecular weight excluding hydrogens is 320 g/mol. The van der Waals surface area contributed by atoms with Crippen molar-refractivity contribution in [2.45, 2.75) is 129 Å². The van der Waals surface area contributed by atoms with Crippen LogP contribution < -0.4 is 0 Å². The molecule has 2 heteroatoms. The first-order valence-corrected chi connectivity index (χ1v) is 11.5. The van der Waals surface area contributed by atoms with Gasteiger partial charge >= 0.3 is 5.97 Å². The van der Waals surface area contributed by atoms with Crippen LogP contribution in [-0.2, 0) is 4.79 Å². The molecule has 1 atom stereocenters. The molecule has 0 aromatic carbocycles. The van der Waals surface area contributed by atoms with Crippen LogP contribution in [-0.4, -0.2) is 11.1 Å². The highest BCUT2D eigenvalue weighted by Crippen LogP contribution is 2.25. The summed E-state index contributed by atoms with van der Waals surface area (Å²) in [5.41, 5.74) is 0.383. The van der Waals surface area contributed by atoms with E-state index in [4.69, 9.17) is 5.11 Å². The van der Waals surface area contributed by atoms with Gasteiger partial charge in [-0.3, -0.25) is 0 Å². The molecule has 0 aromatic heterocycles. The lowest BCUT2D eigenvalue weighted by molar-refractivity contribution is -0.132. The van der Waals surface area contributed by atoms with Crippen molar-refractivity contribution in [3.8, 4) is 0 Å². The first-order valence-electron chi connectivity index (χ1n) is 11.5. The van der Waals surface area contributed by atoms with Gasteiger partial charge in [0.15, 0.2) is 0 Å². The van der Waals surface area contributed by atoms with Gasteiger partial charge in [0.05, 0.1) is 0 Å². The molecule has 154 valence electrons. The molecule has 1 N–H and O–H groups in total. The van der Waals surface area contributed by atoms with E-state index in [1.165, 1.54) is 103 Å². The third-order valence-electron chi connectivity index (χ3n) is 5.59. The van der Waals surface area contributed by atoms with Crippen molar-refractivity contribution in [3.63, 3.8) is 0 Å². The number of carbonyl (C=O) groups is 1. The summed E-state index contributed by atoms with van der Waals surface area (Å²) in [6.45, 7) is 8.23. The fourth-order valence-corrected chi connectivity index (χ4v) is 3.70. The molecule has 0 rings (SSSR count). The predicted octanol–water partition coefficient (Wildman–Crippen LogP) is 8.31. The van der Waals surface area contributed by atoms with E-state index in [0.717, 1.165) is 6.42 Å². The lowest BCUT2D eigenvalue weighted by Crippen LogP contribution is -2.05. The lowest BCUT2D eigenvalue weighted by atomic mass is 9.89. The average molecular weight is 367 g/mol. The number of unbranched alkanes of at least 4 members (excludes halogenated alkanes) is 12. The predicted molar refractivity (Wildman–Crippen MR) is 115 cm³/mol. The molecule has 0 bridgehead atoms. The third kappa shape index (κ3) is 16.7. The zero-order valence-electron chi connectivity index (χ0n) is 17.9. The highest BCUT2D eigenvalue weighted by molar-refractivity contribution is 5.85. The zero-order chi connectivity index (χ0) is 19.5. The molecule has 0 saturated heterocycles. The van der Waals surface area contributed by atoms with Crippen LogP contribution in [0.25, 0.3) is 0 Å². The minimum absolute atomic E-state index is 0.383. The number of aliphatic carboxylic acids is 1. The maximum atomic E-state index is 11.0. The molecule has 0 heterocycles. The molecule has 0 fully saturated rings. The summed E-state index contributed by atoms with van der Waals surface area (Å²) in [7, 11) is 0. The summed E-state index contributed by atoms with van der Waals surface area (Å²) >= 11 is 0. The van der Waals surface area contributed by atoms with Crippen molar-refractivity contribution < 1.29 is 9.90 Å². The Labute approximate surface area is 163 Å². The second-order valence-corrected chi connectivity index (χ2v) is 8.13. The Balaban J connectivity index is 3.92. The molecule has 0 saturated carbocycles. The second kappa shape index (κ2) is 19.0. The summed E-state index contributed by atoms with van der Waals surface area (Å²) in [5, 5.41) is 9.03. The molecule has 1 unspecified atom stereocenters. The molecule has 0 aliphatic rings. The van der Waals surface area contributed by atoms with Crippen molar-refractivity contribution >= 4 is 5.97 Å². The summed E-state index contributed by atoms with van der Waals surface area (Å²) in [6, 6.07) is 0. The Morgan fingerprint density at radius 2 is 1.08 bits per heavy atom. The van der Waals surface area contributed by atoms with E-state index in [1.807, 2.05) is 0 Å². The van der Waals surface area contributed by atoms with Crippen LogP contribution in [0.2, 0.25) is 0 Å². The number of carboxylic acid groups (broad SMARTS) is 1. The van der Waals surface area contributed by atoms with Crippen molar-refractivity contribution in [2.24, 2.45) is 5.92 Å². The van der Waals surface area contributed by atoms with Crippen molar-refractivity contribution in [1.82, 2.24) is 0 Å². The maximum Gasteiger partial charge on any atom is 0.330 e. The monoisotopic (exact) mass is 366 g/mol. The van der Waals surface area contributed by atoms with Crippen LogP contribution in [0, 0.1) is 5.92 Å². The summed E-state index contributed by atoms with van der Waals surface area (Å²) < 4.78 is 0. The van der Waals surface area contributed by atoms with Gasteiger partial charge in [-0.05, 0) is 18.8 Å². The quantitative estimate of drug-likeness (QED) is 0.174. The van der Waals surface area contributed by atoms with Gasteiger partial charge in [-0.1, -0.05) is 123 Å². The van der Waals surface area contributed by atoms with E-state index in [2.05, 4.69) is 20.4 Å². The Morgan fingerprint density at radius 1 is 0.692 bits per heavy atom. The number of rotatable bonds is 20. The van der Waals surface area contributed by atoms with Crippen LogP contribution in [0.1, 0.15) is 129 Å². The minimum Gasteiger partial charge on any atom is -0.478 e. The highest BCUT2D eigenvalue weighted by atomic mass is 16.4. The Morgan fingerprint density at radius 3 is 1.46 bits per heavy atom. The van der Waals surface area contributed by atoms with E-state index in [-0.39, 0.29) is 0 Å². The van der Waals surface area contributed by atoms with Crippen LogP contribution in [0.3, 0.4) is 0 Å². The summed E-state index contributed by atoms with van der Waals surface area (Å²) in [6.07, 6.45) is 23.2. The molecule has 26 heavy (non-hydrogen) atoms. The van der Waals surface area contributed by atoms with Crippen LogP contribution in [0.5, 0.6) is 0 Å².